The molecule has 1 fully saturated rings. The molecule has 0 aromatic heterocycles. The molecule has 6 heteroatoms. The Bertz CT molecular complexity index is 819. The van der Waals surface area contributed by atoms with Gasteiger partial charge in [0.25, 0.3) is 5.91 Å². The fourth-order valence-corrected chi connectivity index (χ4v) is 4.54. The Hall–Kier alpha value is -1.92. The molecule has 136 valence electrons. The first-order valence-electron chi connectivity index (χ1n) is 8.80. The predicted octanol–water partition coefficient (Wildman–Crippen LogP) is 3.72. The van der Waals surface area contributed by atoms with Crippen LogP contribution in [0.15, 0.2) is 36.4 Å². The van der Waals surface area contributed by atoms with Gasteiger partial charge in [0.15, 0.2) is 0 Å². The number of benzene rings is 2. The molecular weight excluding hydrogens is 354 g/mol. The largest absolute Gasteiger partial charge is 0.308 e. The maximum absolute atomic E-state index is 13.9. The summed E-state index contributed by atoms with van der Waals surface area (Å²) in [5, 5.41) is 0. The van der Waals surface area contributed by atoms with E-state index in [9.17, 15) is 13.6 Å². The van der Waals surface area contributed by atoms with Gasteiger partial charge in [-0.2, -0.15) is 11.8 Å². The maximum atomic E-state index is 13.9. The van der Waals surface area contributed by atoms with Crippen LogP contribution in [0.25, 0.3) is 0 Å². The highest BCUT2D eigenvalue weighted by Gasteiger charge is 2.28. The minimum atomic E-state index is -0.656. The molecule has 0 atom stereocenters. The zero-order valence-corrected chi connectivity index (χ0v) is 15.2. The third-order valence-corrected chi connectivity index (χ3v) is 5.91. The Labute approximate surface area is 156 Å². The van der Waals surface area contributed by atoms with Crippen molar-refractivity contribution in [1.29, 1.82) is 0 Å². The van der Waals surface area contributed by atoms with Crippen molar-refractivity contribution in [3.05, 3.63) is 64.7 Å². The molecule has 2 aliphatic rings. The smallest absolute Gasteiger partial charge is 0.258 e. The average molecular weight is 374 g/mol. The Balaban J connectivity index is 1.49. The number of halogens is 2. The molecule has 1 amide bonds. The number of hydrogen-bond donors (Lipinski definition) is 0. The number of fused-ring (bicyclic) bond motifs is 1. The van der Waals surface area contributed by atoms with Crippen LogP contribution in [0.3, 0.4) is 0 Å². The molecule has 0 N–H and O–H groups in total. The van der Waals surface area contributed by atoms with E-state index in [1.807, 2.05) is 36.0 Å². The van der Waals surface area contributed by atoms with E-state index in [4.69, 9.17) is 0 Å². The first kappa shape index (κ1) is 17.5. The highest BCUT2D eigenvalue weighted by molar-refractivity contribution is 7.99. The van der Waals surface area contributed by atoms with Crippen LogP contribution in [0.5, 0.6) is 0 Å². The summed E-state index contributed by atoms with van der Waals surface area (Å²) < 4.78 is 27.4. The van der Waals surface area contributed by atoms with Gasteiger partial charge in [-0.05, 0) is 30.2 Å². The van der Waals surface area contributed by atoms with Gasteiger partial charge in [0.1, 0.15) is 11.6 Å². The molecule has 2 aromatic rings. The van der Waals surface area contributed by atoms with Crippen LogP contribution in [-0.4, -0.2) is 41.9 Å². The number of amides is 1. The third kappa shape index (κ3) is 3.48. The number of rotatable bonds is 3. The van der Waals surface area contributed by atoms with Crippen LogP contribution in [0, 0.1) is 11.6 Å². The zero-order valence-electron chi connectivity index (χ0n) is 14.4. The van der Waals surface area contributed by atoms with Gasteiger partial charge < -0.3 is 4.90 Å². The fourth-order valence-electron chi connectivity index (χ4n) is 3.56. The average Bonchev–Trinajstić information content (AvgIpc) is 3.07. The number of carbonyl (C=O) groups is 1. The molecule has 0 saturated carbocycles. The van der Waals surface area contributed by atoms with Gasteiger partial charge in [-0.15, -0.1) is 0 Å². The van der Waals surface area contributed by atoms with E-state index in [-0.39, 0.29) is 5.91 Å². The number of nitrogens with zero attached hydrogens (tertiary/aromatic N) is 2. The molecule has 0 aliphatic carbocycles. The lowest BCUT2D eigenvalue weighted by Crippen LogP contribution is -2.32. The number of thioether (sulfide) groups is 1. The van der Waals surface area contributed by atoms with Gasteiger partial charge in [-0.1, -0.05) is 12.1 Å². The second-order valence-electron chi connectivity index (χ2n) is 6.68. The van der Waals surface area contributed by atoms with Crippen molar-refractivity contribution in [1.82, 2.24) is 4.90 Å². The highest BCUT2D eigenvalue weighted by atomic mass is 32.2. The van der Waals surface area contributed by atoms with Gasteiger partial charge in [-0.3, -0.25) is 9.69 Å². The number of hydrogen-bond acceptors (Lipinski definition) is 3. The second kappa shape index (κ2) is 7.37. The van der Waals surface area contributed by atoms with E-state index in [1.165, 1.54) is 16.5 Å². The van der Waals surface area contributed by atoms with E-state index in [0.29, 0.717) is 29.8 Å². The number of carbonyl (C=O) groups excluding carboxylic acids is 1. The Morgan fingerprint density at radius 3 is 2.50 bits per heavy atom. The lowest BCUT2D eigenvalue weighted by Gasteiger charge is -2.26. The van der Waals surface area contributed by atoms with Crippen LogP contribution in [0.4, 0.5) is 14.5 Å². The first-order chi connectivity index (χ1) is 12.6. The second-order valence-corrected chi connectivity index (χ2v) is 7.90. The molecule has 2 aromatic carbocycles. The standard InChI is InChI=1S/C20H20F2N2OS/c21-16-11-18(22)17-5-6-24(19(17)12-16)20(25)15-3-1-14(2-4-15)13-23-7-9-26-10-8-23/h1-4,11-12H,5-10,13H2. The summed E-state index contributed by atoms with van der Waals surface area (Å²) in [6.07, 6.45) is 0.415. The summed E-state index contributed by atoms with van der Waals surface area (Å²) in [4.78, 5) is 16.7. The molecule has 2 heterocycles. The van der Waals surface area contributed by atoms with Crippen LogP contribution >= 0.6 is 11.8 Å². The molecule has 0 spiro atoms. The Morgan fingerprint density at radius 2 is 1.77 bits per heavy atom. The quantitative estimate of drug-likeness (QED) is 0.818. The van der Waals surface area contributed by atoms with Gasteiger partial charge >= 0.3 is 0 Å². The summed E-state index contributed by atoms with van der Waals surface area (Å²) in [7, 11) is 0. The molecule has 2 aliphatic heterocycles. The van der Waals surface area contributed by atoms with E-state index < -0.39 is 11.6 Å². The molecule has 0 radical (unpaired) electrons. The summed E-state index contributed by atoms with van der Waals surface area (Å²) >= 11 is 1.98. The molecule has 0 unspecified atom stereocenters. The minimum absolute atomic E-state index is 0.213. The van der Waals surface area contributed by atoms with Crippen molar-refractivity contribution in [3.8, 4) is 0 Å². The molecule has 1 saturated heterocycles. The van der Waals surface area contributed by atoms with Gasteiger partial charge in [0, 0.05) is 54.9 Å². The van der Waals surface area contributed by atoms with E-state index >= 15 is 0 Å². The zero-order chi connectivity index (χ0) is 18.1. The van der Waals surface area contributed by atoms with E-state index in [0.717, 1.165) is 37.2 Å². The first-order valence-corrected chi connectivity index (χ1v) is 9.96. The molecule has 0 bridgehead atoms. The van der Waals surface area contributed by atoms with Crippen molar-refractivity contribution < 1.29 is 13.6 Å². The van der Waals surface area contributed by atoms with Crippen molar-refractivity contribution in [3.63, 3.8) is 0 Å². The topological polar surface area (TPSA) is 23.6 Å². The monoisotopic (exact) mass is 374 g/mol. The van der Waals surface area contributed by atoms with Crippen molar-refractivity contribution in [2.24, 2.45) is 0 Å². The van der Waals surface area contributed by atoms with Crippen molar-refractivity contribution in [2.45, 2.75) is 13.0 Å². The SMILES string of the molecule is O=C(c1ccc(CN2CCSCC2)cc1)N1CCc2c(F)cc(F)cc21. The maximum Gasteiger partial charge on any atom is 0.258 e. The van der Waals surface area contributed by atoms with Crippen molar-refractivity contribution >= 4 is 23.4 Å². The normalized spacial score (nSPS) is 17.4. The van der Waals surface area contributed by atoms with Gasteiger partial charge in [0.05, 0.1) is 5.69 Å². The summed E-state index contributed by atoms with van der Waals surface area (Å²) in [5.74, 6) is 0.881. The van der Waals surface area contributed by atoms with E-state index in [2.05, 4.69) is 4.90 Å². The minimum Gasteiger partial charge on any atom is -0.308 e. The highest BCUT2D eigenvalue weighted by Crippen LogP contribution is 2.32. The predicted molar refractivity (Wildman–Crippen MR) is 101 cm³/mol. The van der Waals surface area contributed by atoms with Crippen LogP contribution in [-0.2, 0) is 13.0 Å². The lowest BCUT2D eigenvalue weighted by atomic mass is 10.1. The Morgan fingerprint density at radius 1 is 1.04 bits per heavy atom. The van der Waals surface area contributed by atoms with Crippen LogP contribution in [0.1, 0.15) is 21.5 Å². The summed E-state index contributed by atoms with van der Waals surface area (Å²) in [6.45, 7) is 3.44. The molecule has 4 rings (SSSR count). The van der Waals surface area contributed by atoms with Gasteiger partial charge in [0.2, 0.25) is 0 Å². The fraction of sp³-hybridized carbons (Fsp3) is 0.350. The summed E-state index contributed by atoms with van der Waals surface area (Å²) in [6, 6.07) is 9.68. The van der Waals surface area contributed by atoms with E-state index in [1.54, 1.807) is 0 Å². The number of anilines is 1. The molecule has 3 nitrogen and oxygen atoms in total. The molecule has 26 heavy (non-hydrogen) atoms. The summed E-state index contributed by atoms with van der Waals surface area (Å²) in [5.41, 5.74) is 2.48. The lowest BCUT2D eigenvalue weighted by molar-refractivity contribution is 0.0989. The molecular formula is C20H20F2N2OS. The van der Waals surface area contributed by atoms with Crippen molar-refractivity contribution in [2.75, 3.05) is 36.0 Å². The Kier molecular flexibility index (Phi) is 4.96. The third-order valence-electron chi connectivity index (χ3n) is 4.97. The van der Waals surface area contributed by atoms with Crippen LogP contribution in [0.2, 0.25) is 0 Å². The van der Waals surface area contributed by atoms with Gasteiger partial charge in [-0.25, -0.2) is 8.78 Å². The van der Waals surface area contributed by atoms with Crippen LogP contribution < -0.4 is 4.90 Å².